The summed E-state index contributed by atoms with van der Waals surface area (Å²) in [6, 6.07) is 0. The summed E-state index contributed by atoms with van der Waals surface area (Å²) >= 11 is 0. The van der Waals surface area contributed by atoms with Crippen LogP contribution >= 0.6 is 0 Å². The van der Waals surface area contributed by atoms with Crippen molar-refractivity contribution in [2.75, 3.05) is 0 Å². The predicted molar refractivity (Wildman–Crippen MR) is 31.5 cm³/mol. The summed E-state index contributed by atoms with van der Waals surface area (Å²) in [5.74, 6) is -1.53. The van der Waals surface area contributed by atoms with Gasteiger partial charge < -0.3 is 4.74 Å². The molecular formula is C6H6O3Zr. The van der Waals surface area contributed by atoms with Crippen molar-refractivity contribution in [3.8, 4) is 0 Å². The number of carbonyl (C=O) groups is 2. The third-order valence-corrected chi connectivity index (χ3v) is 0.535. The monoisotopic (exact) mass is 216 g/mol. The van der Waals surface area contributed by atoms with Crippen LogP contribution in [0.15, 0.2) is 25.3 Å². The fraction of sp³-hybridized carbons (Fsp3) is 0. The Labute approximate surface area is 77.9 Å². The van der Waals surface area contributed by atoms with Crippen LogP contribution in [-0.2, 0) is 40.5 Å². The molecule has 0 aliphatic heterocycles. The first-order valence-electron chi connectivity index (χ1n) is 2.21. The van der Waals surface area contributed by atoms with Crippen LogP contribution in [0.2, 0.25) is 0 Å². The van der Waals surface area contributed by atoms with Gasteiger partial charge in [-0.05, 0) is 0 Å². The number of ether oxygens (including phenoxy) is 1. The third kappa shape index (κ3) is 5.64. The zero-order valence-electron chi connectivity index (χ0n) is 5.29. The Morgan fingerprint density at radius 3 is 1.60 bits per heavy atom. The molecule has 0 aliphatic carbocycles. The number of hydrogen-bond acceptors (Lipinski definition) is 3. The molecule has 0 saturated carbocycles. The maximum absolute atomic E-state index is 10.2. The molecule has 0 fully saturated rings. The average Bonchev–Trinajstić information content (AvgIpc) is 1.87. The van der Waals surface area contributed by atoms with Crippen LogP contribution in [0, 0.1) is 0 Å². The Balaban J connectivity index is 0. The number of carbonyl (C=O) groups excluding carboxylic acids is 2. The molecule has 52 valence electrons. The van der Waals surface area contributed by atoms with Gasteiger partial charge >= 0.3 is 11.9 Å². The van der Waals surface area contributed by atoms with Gasteiger partial charge in [0.2, 0.25) is 0 Å². The molecule has 0 radical (unpaired) electrons. The van der Waals surface area contributed by atoms with E-state index in [1.807, 2.05) is 0 Å². The zero-order chi connectivity index (χ0) is 7.28. The van der Waals surface area contributed by atoms with Gasteiger partial charge in [-0.3, -0.25) is 0 Å². The maximum atomic E-state index is 10.2. The molecule has 0 atom stereocenters. The zero-order valence-corrected chi connectivity index (χ0v) is 7.75. The van der Waals surface area contributed by atoms with Crippen LogP contribution in [-0.4, -0.2) is 11.9 Å². The molecule has 4 heteroatoms. The molecule has 0 unspecified atom stereocenters. The molecule has 0 saturated heterocycles. The molecule has 3 nitrogen and oxygen atoms in total. The van der Waals surface area contributed by atoms with Gasteiger partial charge in [0.15, 0.2) is 0 Å². The topological polar surface area (TPSA) is 43.4 Å². The van der Waals surface area contributed by atoms with Gasteiger partial charge in [0, 0.05) is 38.4 Å². The van der Waals surface area contributed by atoms with E-state index in [0.717, 1.165) is 12.2 Å². The molecule has 0 amide bonds. The third-order valence-electron chi connectivity index (χ3n) is 0.535. The van der Waals surface area contributed by atoms with Gasteiger partial charge in [0.05, 0.1) is 0 Å². The van der Waals surface area contributed by atoms with E-state index >= 15 is 0 Å². The van der Waals surface area contributed by atoms with E-state index in [2.05, 4.69) is 17.9 Å². The van der Waals surface area contributed by atoms with Crippen LogP contribution in [0.1, 0.15) is 0 Å². The van der Waals surface area contributed by atoms with E-state index in [9.17, 15) is 9.59 Å². The summed E-state index contributed by atoms with van der Waals surface area (Å²) in [6.45, 7) is 6.17. The Hall–Kier alpha value is -0.497. The minimum Gasteiger partial charge on any atom is -0.387 e. The van der Waals surface area contributed by atoms with Crippen LogP contribution in [0.3, 0.4) is 0 Å². The SMILES string of the molecule is C=CC(=O)OC(=O)C=C.[Zr]. The first-order valence-corrected chi connectivity index (χ1v) is 2.21. The maximum Gasteiger partial charge on any atom is 0.338 e. The van der Waals surface area contributed by atoms with Crippen LogP contribution in [0.4, 0.5) is 0 Å². The molecular weight excluding hydrogens is 211 g/mol. The summed E-state index contributed by atoms with van der Waals surface area (Å²) in [5, 5.41) is 0. The summed E-state index contributed by atoms with van der Waals surface area (Å²) in [4.78, 5) is 20.3. The van der Waals surface area contributed by atoms with Crippen molar-refractivity contribution in [2.24, 2.45) is 0 Å². The van der Waals surface area contributed by atoms with E-state index in [1.165, 1.54) is 0 Å². The second-order valence-corrected chi connectivity index (χ2v) is 1.15. The van der Waals surface area contributed by atoms with Gasteiger partial charge in [-0.2, -0.15) is 0 Å². The average molecular weight is 217 g/mol. The van der Waals surface area contributed by atoms with Gasteiger partial charge in [-0.15, -0.1) is 0 Å². The molecule has 0 aromatic heterocycles. The Kier molecular flexibility index (Phi) is 8.08. The molecule has 0 N–H and O–H groups in total. The van der Waals surface area contributed by atoms with Gasteiger partial charge in [0.25, 0.3) is 0 Å². The first kappa shape index (κ1) is 12.2. The summed E-state index contributed by atoms with van der Waals surface area (Å²) in [7, 11) is 0. The molecule has 0 aromatic carbocycles. The standard InChI is InChI=1S/C6H6O3.Zr/c1-3-5(7)9-6(8)4-2;/h3-4H,1-2H2;. The van der Waals surface area contributed by atoms with Crippen molar-refractivity contribution in [1.29, 1.82) is 0 Å². The predicted octanol–water partition coefficient (Wildman–Crippen LogP) is 0.426. The second-order valence-electron chi connectivity index (χ2n) is 1.15. The minimum absolute atomic E-state index is 0. The van der Waals surface area contributed by atoms with Gasteiger partial charge in [-0.1, -0.05) is 13.2 Å². The Bertz CT molecular complexity index is 144. The summed E-state index contributed by atoms with van der Waals surface area (Å²) < 4.78 is 4.03. The Morgan fingerprint density at radius 1 is 1.10 bits per heavy atom. The normalized spacial score (nSPS) is 6.80. The van der Waals surface area contributed by atoms with Gasteiger partial charge in [0.1, 0.15) is 0 Å². The van der Waals surface area contributed by atoms with E-state index < -0.39 is 11.9 Å². The fourth-order valence-corrected chi connectivity index (χ4v) is 0.182. The smallest absolute Gasteiger partial charge is 0.338 e. The molecule has 0 spiro atoms. The largest absolute Gasteiger partial charge is 0.387 e. The second kappa shape index (κ2) is 6.62. The van der Waals surface area contributed by atoms with Crippen LogP contribution < -0.4 is 0 Å². The van der Waals surface area contributed by atoms with Crippen molar-refractivity contribution in [3.05, 3.63) is 25.3 Å². The quantitative estimate of drug-likeness (QED) is 0.383. The summed E-state index contributed by atoms with van der Waals surface area (Å²) in [5.41, 5.74) is 0. The number of rotatable bonds is 2. The molecule has 0 bridgehead atoms. The van der Waals surface area contributed by atoms with Crippen LogP contribution in [0.5, 0.6) is 0 Å². The van der Waals surface area contributed by atoms with Gasteiger partial charge in [-0.25, -0.2) is 9.59 Å². The number of esters is 2. The molecule has 0 aromatic rings. The minimum atomic E-state index is -0.764. The van der Waals surface area contributed by atoms with E-state index in [4.69, 9.17) is 0 Å². The van der Waals surface area contributed by atoms with E-state index in [-0.39, 0.29) is 26.2 Å². The van der Waals surface area contributed by atoms with Crippen molar-refractivity contribution in [3.63, 3.8) is 0 Å². The van der Waals surface area contributed by atoms with Crippen molar-refractivity contribution >= 4 is 11.9 Å². The molecule has 0 rings (SSSR count). The van der Waals surface area contributed by atoms with Crippen molar-refractivity contribution in [1.82, 2.24) is 0 Å². The molecule has 10 heavy (non-hydrogen) atoms. The van der Waals surface area contributed by atoms with E-state index in [1.54, 1.807) is 0 Å². The van der Waals surface area contributed by atoms with Crippen molar-refractivity contribution in [2.45, 2.75) is 0 Å². The Morgan fingerprint density at radius 2 is 1.40 bits per heavy atom. The van der Waals surface area contributed by atoms with Crippen LogP contribution in [0.25, 0.3) is 0 Å². The summed E-state index contributed by atoms with van der Waals surface area (Å²) in [6.07, 6.45) is 1.81. The van der Waals surface area contributed by atoms with E-state index in [0.29, 0.717) is 0 Å². The fourth-order valence-electron chi connectivity index (χ4n) is 0.182. The first-order chi connectivity index (χ1) is 4.20. The molecule has 0 heterocycles. The van der Waals surface area contributed by atoms with Crippen molar-refractivity contribution < 1.29 is 40.5 Å². The number of hydrogen-bond donors (Lipinski definition) is 0. The molecule has 0 aliphatic rings.